The lowest BCUT2D eigenvalue weighted by molar-refractivity contribution is -0.138. The Morgan fingerprint density at radius 3 is 1.74 bits per heavy atom. The van der Waals surface area contributed by atoms with Gasteiger partial charge in [-0.3, -0.25) is 9.97 Å². The summed E-state index contributed by atoms with van der Waals surface area (Å²) in [5.74, 6) is 0. The van der Waals surface area contributed by atoms with Crippen LogP contribution in [0.15, 0.2) is 90.2 Å². The molecule has 0 spiro atoms. The lowest BCUT2D eigenvalue weighted by Crippen LogP contribution is -2.38. The predicted molar refractivity (Wildman–Crippen MR) is 206 cm³/mol. The Balaban J connectivity index is 0.000000215. The number of isocyanates is 1. The highest BCUT2D eigenvalue weighted by atomic mass is 35.5. The number of halogens is 8. The minimum Gasteiger partial charge on any atom is -0.320 e. The van der Waals surface area contributed by atoms with Crippen molar-refractivity contribution < 1.29 is 35.9 Å². The van der Waals surface area contributed by atoms with E-state index in [1.807, 2.05) is 18.2 Å². The van der Waals surface area contributed by atoms with Crippen LogP contribution in [0.3, 0.4) is 0 Å². The number of carbonyl (C=O) groups excluding carboxylic acids is 2. The molecule has 58 heavy (non-hydrogen) atoms. The number of pyridine rings is 2. The van der Waals surface area contributed by atoms with Gasteiger partial charge in [0, 0.05) is 37.7 Å². The summed E-state index contributed by atoms with van der Waals surface area (Å²) in [4.78, 5) is 35.5. The average molecular weight is 842 g/mol. The Bertz CT molecular complexity index is 2260. The number of nitrogens with one attached hydrogen (secondary N) is 2. The Labute approximate surface area is 339 Å². The quantitative estimate of drug-likeness (QED) is 0.112. The van der Waals surface area contributed by atoms with E-state index in [9.17, 15) is 35.9 Å². The third-order valence-electron chi connectivity index (χ3n) is 8.36. The number of hydrogen-bond donors (Lipinski definition) is 2. The van der Waals surface area contributed by atoms with Gasteiger partial charge in [0.2, 0.25) is 6.08 Å². The molecule has 4 aromatic rings. The first-order chi connectivity index (χ1) is 27.6. The normalized spacial score (nSPS) is 13.7. The lowest BCUT2D eigenvalue weighted by Gasteiger charge is -2.27. The molecule has 0 fully saturated rings. The molecule has 0 unspecified atom stereocenters. The minimum absolute atomic E-state index is 0.156. The van der Waals surface area contributed by atoms with Crippen molar-refractivity contribution in [1.82, 2.24) is 20.2 Å². The standard InChI is InChI=1S/C20H16ClF3N4O.C12H12ClN3.C8H4F3NO/c21-17-11-13(5-8-25)12-26-18(17)14-6-9-28(10-7-14)19(29)27-16-3-1-15(2-4-16)20(22,23)24;13-11-7-9(1-4-14)8-16-12(11)10-2-5-15-6-3-10;9-8(10,11)6-1-3-7(4-2-6)12-5-13/h1-4,6,11-12H,5,7,9-10H2,(H,27,29);2,7-8,15H,1,3,5-6H2;1-4H. The molecule has 4 heterocycles. The van der Waals surface area contributed by atoms with E-state index in [0.29, 0.717) is 41.7 Å². The molecule has 6 rings (SSSR count). The molecule has 0 saturated carbocycles. The van der Waals surface area contributed by atoms with Crippen molar-refractivity contribution in [2.24, 2.45) is 4.99 Å². The van der Waals surface area contributed by atoms with Gasteiger partial charge in [-0.25, -0.2) is 9.59 Å². The third kappa shape index (κ3) is 13.3. The molecule has 0 aliphatic carbocycles. The van der Waals surface area contributed by atoms with Crippen molar-refractivity contribution in [2.45, 2.75) is 38.0 Å². The van der Waals surface area contributed by atoms with Gasteiger partial charge >= 0.3 is 18.4 Å². The van der Waals surface area contributed by atoms with Crippen LogP contribution in [0, 0.1) is 22.7 Å². The highest BCUT2D eigenvalue weighted by Crippen LogP contribution is 2.32. The summed E-state index contributed by atoms with van der Waals surface area (Å²) in [5.41, 5.74) is 4.06. The first-order valence-corrected chi connectivity index (χ1v) is 18.0. The molecule has 2 N–H and O–H groups in total. The van der Waals surface area contributed by atoms with E-state index in [2.05, 4.69) is 37.7 Å². The van der Waals surface area contributed by atoms with E-state index in [4.69, 9.17) is 33.7 Å². The number of alkyl halides is 6. The minimum atomic E-state index is -4.42. The molecule has 10 nitrogen and oxygen atoms in total. The monoisotopic (exact) mass is 840 g/mol. The summed E-state index contributed by atoms with van der Waals surface area (Å²) >= 11 is 12.4. The van der Waals surface area contributed by atoms with Gasteiger partial charge in [-0.15, -0.1) is 0 Å². The Hall–Kier alpha value is -6.03. The zero-order valence-electron chi connectivity index (χ0n) is 30.3. The van der Waals surface area contributed by atoms with Crippen LogP contribution in [0.5, 0.6) is 0 Å². The molecule has 0 bridgehead atoms. The summed E-state index contributed by atoms with van der Waals surface area (Å²) in [6.07, 6.45) is 1.81. The van der Waals surface area contributed by atoms with E-state index >= 15 is 0 Å². The molecule has 2 aromatic carbocycles. The van der Waals surface area contributed by atoms with E-state index in [1.54, 1.807) is 23.4 Å². The molecule has 300 valence electrons. The van der Waals surface area contributed by atoms with E-state index in [1.165, 1.54) is 23.8 Å². The van der Waals surface area contributed by atoms with E-state index in [-0.39, 0.29) is 17.8 Å². The number of aromatic nitrogens is 2. The van der Waals surface area contributed by atoms with Gasteiger partial charge in [-0.2, -0.15) is 41.9 Å². The van der Waals surface area contributed by atoms with Gasteiger partial charge in [0.15, 0.2) is 0 Å². The Morgan fingerprint density at radius 2 is 1.33 bits per heavy atom. The number of rotatable bonds is 6. The van der Waals surface area contributed by atoms with Crippen LogP contribution in [0.2, 0.25) is 10.0 Å². The second-order valence-corrected chi connectivity index (χ2v) is 13.2. The van der Waals surface area contributed by atoms with Gasteiger partial charge in [0.25, 0.3) is 0 Å². The van der Waals surface area contributed by atoms with Crippen molar-refractivity contribution in [3.63, 3.8) is 0 Å². The van der Waals surface area contributed by atoms with Crippen LogP contribution < -0.4 is 10.6 Å². The molecule has 2 aliphatic rings. The summed E-state index contributed by atoms with van der Waals surface area (Å²) in [6.45, 7) is 2.56. The third-order valence-corrected chi connectivity index (χ3v) is 8.94. The number of amides is 2. The molecule has 0 atom stereocenters. The van der Waals surface area contributed by atoms with Crippen molar-refractivity contribution in [1.29, 1.82) is 10.5 Å². The number of carbonyl (C=O) groups is 1. The molecule has 2 amide bonds. The highest BCUT2D eigenvalue weighted by molar-refractivity contribution is 6.32. The van der Waals surface area contributed by atoms with Gasteiger partial charge in [0.1, 0.15) is 0 Å². The molecule has 18 heteroatoms. The highest BCUT2D eigenvalue weighted by Gasteiger charge is 2.31. The van der Waals surface area contributed by atoms with Crippen molar-refractivity contribution in [3.8, 4) is 12.1 Å². The van der Waals surface area contributed by atoms with Gasteiger partial charge in [-0.1, -0.05) is 35.4 Å². The van der Waals surface area contributed by atoms with Gasteiger partial charge in [0.05, 0.1) is 63.2 Å². The summed E-state index contributed by atoms with van der Waals surface area (Å²) in [7, 11) is 0. The molecular formula is C40H32Cl2F6N8O2. The molecule has 2 aromatic heterocycles. The smallest absolute Gasteiger partial charge is 0.320 e. The number of aliphatic imine (C=N–C) groups is 1. The van der Waals surface area contributed by atoms with Gasteiger partial charge < -0.3 is 15.5 Å². The number of nitrogens with zero attached hydrogens (tertiary/aromatic N) is 6. The van der Waals surface area contributed by atoms with Crippen LogP contribution in [0.4, 0.5) is 42.5 Å². The predicted octanol–water partition coefficient (Wildman–Crippen LogP) is 9.99. The maximum absolute atomic E-state index is 12.6. The SMILES string of the molecule is N#CCc1cnc(C2=CCN(C(=O)Nc3ccc(C(F)(F)F)cc3)CC2)c(Cl)c1.N#CCc1cnc(C2=CCNCC2)c(Cl)c1.O=C=Nc1ccc(C(F)(F)F)cc1. The fourth-order valence-corrected chi connectivity index (χ4v) is 6.05. The summed E-state index contributed by atoms with van der Waals surface area (Å²) < 4.78 is 73.8. The number of urea groups is 1. The number of anilines is 1. The fourth-order valence-electron chi connectivity index (χ4n) is 5.43. The molecule has 0 radical (unpaired) electrons. The summed E-state index contributed by atoms with van der Waals surface area (Å²) in [6, 6.07) is 15.5. The lowest BCUT2D eigenvalue weighted by atomic mass is 10.0. The van der Waals surface area contributed by atoms with Crippen molar-refractivity contribution in [3.05, 3.63) is 129 Å². The van der Waals surface area contributed by atoms with Gasteiger partial charge in [-0.05, 0) is 102 Å². The van der Waals surface area contributed by atoms with Crippen LogP contribution in [-0.4, -0.2) is 53.2 Å². The molecule has 2 aliphatic heterocycles. The fraction of sp³-hybridized carbons (Fsp3) is 0.250. The van der Waals surface area contributed by atoms with Crippen LogP contribution in [-0.2, 0) is 30.0 Å². The maximum atomic E-state index is 12.6. The molecule has 0 saturated heterocycles. The number of nitriles is 2. The second kappa shape index (κ2) is 20.9. The molecular weight excluding hydrogens is 809 g/mol. The second-order valence-electron chi connectivity index (χ2n) is 12.4. The zero-order chi connectivity index (χ0) is 42.3. The number of hydrogen-bond acceptors (Lipinski definition) is 8. The van der Waals surface area contributed by atoms with Crippen LogP contribution >= 0.6 is 23.2 Å². The Kier molecular flexibility index (Phi) is 16.1. The Morgan fingerprint density at radius 1 is 0.810 bits per heavy atom. The van der Waals surface area contributed by atoms with Crippen LogP contribution in [0.1, 0.15) is 46.5 Å². The van der Waals surface area contributed by atoms with Crippen LogP contribution in [0.25, 0.3) is 11.1 Å². The van der Waals surface area contributed by atoms with E-state index < -0.39 is 29.5 Å². The topological polar surface area (TPSA) is 147 Å². The zero-order valence-corrected chi connectivity index (χ0v) is 31.8. The first kappa shape index (κ1) is 44.7. The average Bonchev–Trinajstić information content (AvgIpc) is 3.19. The van der Waals surface area contributed by atoms with Crippen molar-refractivity contribution in [2.75, 3.05) is 31.5 Å². The maximum Gasteiger partial charge on any atom is 0.416 e. The first-order valence-electron chi connectivity index (χ1n) is 17.2. The van der Waals surface area contributed by atoms with Crippen molar-refractivity contribution >= 4 is 57.8 Å². The largest absolute Gasteiger partial charge is 0.416 e. The summed E-state index contributed by atoms with van der Waals surface area (Å²) in [5, 5.41) is 24.3. The van der Waals surface area contributed by atoms with E-state index in [0.717, 1.165) is 78.3 Å². The number of benzene rings is 2.